The quantitative estimate of drug-likeness (QED) is 0.798. The fraction of sp³-hybridized carbons (Fsp3) is 0.438. The summed E-state index contributed by atoms with van der Waals surface area (Å²) in [4.78, 5) is 7.09. The number of likely N-dealkylation sites (tertiary alicyclic amines) is 1. The summed E-state index contributed by atoms with van der Waals surface area (Å²) in [7, 11) is 0. The van der Waals surface area contributed by atoms with Gasteiger partial charge in [0.15, 0.2) is 0 Å². The molecule has 1 saturated heterocycles. The van der Waals surface area contributed by atoms with Gasteiger partial charge < -0.3 is 0 Å². The summed E-state index contributed by atoms with van der Waals surface area (Å²) in [6, 6.07) is 8.72. The van der Waals surface area contributed by atoms with Gasteiger partial charge in [-0.25, -0.2) is 0 Å². The zero-order chi connectivity index (χ0) is 12.4. The molecule has 1 aliphatic heterocycles. The van der Waals surface area contributed by atoms with Crippen molar-refractivity contribution in [3.05, 3.63) is 41.6 Å². The molecule has 2 nitrogen and oxygen atoms in total. The van der Waals surface area contributed by atoms with Crippen molar-refractivity contribution in [1.29, 1.82) is 0 Å². The minimum atomic E-state index is 1.07. The van der Waals surface area contributed by atoms with Gasteiger partial charge in [-0.3, -0.25) is 9.88 Å². The lowest BCUT2D eigenvalue weighted by Crippen LogP contribution is -2.29. The number of rotatable bonds is 2. The largest absolute Gasteiger partial charge is 0.299 e. The van der Waals surface area contributed by atoms with Crippen molar-refractivity contribution >= 4 is 10.9 Å². The molecule has 0 aliphatic carbocycles. The van der Waals surface area contributed by atoms with Crippen molar-refractivity contribution in [3.8, 4) is 0 Å². The second-order valence-electron chi connectivity index (χ2n) is 5.28. The average Bonchev–Trinajstić information content (AvgIpc) is 2.44. The third kappa shape index (κ3) is 2.25. The van der Waals surface area contributed by atoms with Crippen molar-refractivity contribution in [3.63, 3.8) is 0 Å². The summed E-state index contributed by atoms with van der Waals surface area (Å²) in [5, 5.41) is 1.32. The lowest BCUT2D eigenvalue weighted by molar-refractivity contribution is 0.221. The number of hydrogen-bond donors (Lipinski definition) is 0. The van der Waals surface area contributed by atoms with Gasteiger partial charge in [-0.1, -0.05) is 24.6 Å². The Labute approximate surface area is 109 Å². The second-order valence-corrected chi connectivity index (χ2v) is 5.28. The van der Waals surface area contributed by atoms with Gasteiger partial charge in [0, 0.05) is 18.1 Å². The maximum Gasteiger partial charge on any atom is 0.0734 e. The van der Waals surface area contributed by atoms with E-state index in [0.29, 0.717) is 0 Å². The first-order valence-electron chi connectivity index (χ1n) is 6.90. The predicted octanol–water partition coefficient (Wildman–Crippen LogP) is 3.53. The number of pyridine rings is 1. The first kappa shape index (κ1) is 11.7. The average molecular weight is 240 g/mol. The molecule has 18 heavy (non-hydrogen) atoms. The molecule has 3 rings (SSSR count). The molecule has 0 spiro atoms. The van der Waals surface area contributed by atoms with Gasteiger partial charge >= 0.3 is 0 Å². The van der Waals surface area contributed by atoms with Crippen LogP contribution in [0, 0.1) is 6.92 Å². The number of aromatic nitrogens is 1. The molecule has 2 aromatic rings. The maximum absolute atomic E-state index is 4.52. The Morgan fingerprint density at radius 3 is 2.78 bits per heavy atom. The standard InChI is InChI=1S/C16H20N2/c1-13-7-8-14(12-18-10-3-2-4-11-18)15-6-5-9-17-16(13)15/h5-9H,2-4,10-12H2,1H3. The third-order valence-corrected chi connectivity index (χ3v) is 3.90. The molecule has 2 heteroatoms. The number of hydrogen-bond acceptors (Lipinski definition) is 2. The van der Waals surface area contributed by atoms with Gasteiger partial charge in [0.1, 0.15) is 0 Å². The topological polar surface area (TPSA) is 16.1 Å². The van der Waals surface area contributed by atoms with E-state index in [1.54, 1.807) is 0 Å². The van der Waals surface area contributed by atoms with E-state index in [4.69, 9.17) is 0 Å². The molecule has 0 saturated carbocycles. The van der Waals surface area contributed by atoms with E-state index >= 15 is 0 Å². The van der Waals surface area contributed by atoms with Crippen LogP contribution in [0.2, 0.25) is 0 Å². The van der Waals surface area contributed by atoms with Crippen LogP contribution in [0.5, 0.6) is 0 Å². The van der Waals surface area contributed by atoms with Crippen molar-refractivity contribution in [2.45, 2.75) is 32.7 Å². The van der Waals surface area contributed by atoms with Crippen molar-refractivity contribution in [2.24, 2.45) is 0 Å². The van der Waals surface area contributed by atoms with Crippen molar-refractivity contribution in [2.75, 3.05) is 13.1 Å². The van der Waals surface area contributed by atoms with Gasteiger partial charge in [0.2, 0.25) is 0 Å². The van der Waals surface area contributed by atoms with Gasteiger partial charge in [-0.05, 0) is 50.0 Å². The number of piperidine rings is 1. The monoisotopic (exact) mass is 240 g/mol. The van der Waals surface area contributed by atoms with Crippen LogP contribution < -0.4 is 0 Å². The number of nitrogens with zero attached hydrogens (tertiary/aromatic N) is 2. The van der Waals surface area contributed by atoms with E-state index in [1.165, 1.54) is 48.9 Å². The van der Waals surface area contributed by atoms with Crippen LogP contribution in [0.15, 0.2) is 30.5 Å². The summed E-state index contributed by atoms with van der Waals surface area (Å²) in [6.45, 7) is 5.70. The Morgan fingerprint density at radius 1 is 1.11 bits per heavy atom. The smallest absolute Gasteiger partial charge is 0.0734 e. The minimum absolute atomic E-state index is 1.07. The Hall–Kier alpha value is -1.41. The molecule has 1 aliphatic rings. The molecule has 0 atom stereocenters. The van der Waals surface area contributed by atoms with Crippen LogP contribution in [0.4, 0.5) is 0 Å². The third-order valence-electron chi connectivity index (χ3n) is 3.90. The van der Waals surface area contributed by atoms with E-state index < -0.39 is 0 Å². The first-order valence-corrected chi connectivity index (χ1v) is 6.90. The molecular formula is C16H20N2. The van der Waals surface area contributed by atoms with Crippen LogP contribution in [-0.4, -0.2) is 23.0 Å². The zero-order valence-electron chi connectivity index (χ0n) is 11.0. The summed E-state index contributed by atoms with van der Waals surface area (Å²) in [5.74, 6) is 0. The van der Waals surface area contributed by atoms with Gasteiger partial charge in [-0.2, -0.15) is 0 Å². The number of benzene rings is 1. The maximum atomic E-state index is 4.52. The molecule has 0 N–H and O–H groups in total. The molecule has 0 amide bonds. The van der Waals surface area contributed by atoms with E-state index in [9.17, 15) is 0 Å². The van der Waals surface area contributed by atoms with Crippen LogP contribution in [0.3, 0.4) is 0 Å². The van der Waals surface area contributed by atoms with Crippen LogP contribution in [0.1, 0.15) is 30.4 Å². The molecule has 1 fully saturated rings. The Morgan fingerprint density at radius 2 is 1.94 bits per heavy atom. The fourth-order valence-corrected chi connectivity index (χ4v) is 2.87. The summed E-state index contributed by atoms with van der Waals surface area (Å²) < 4.78 is 0. The van der Waals surface area contributed by atoms with E-state index in [1.807, 2.05) is 12.3 Å². The Balaban J connectivity index is 1.94. The molecule has 0 radical (unpaired) electrons. The minimum Gasteiger partial charge on any atom is -0.299 e. The zero-order valence-corrected chi connectivity index (χ0v) is 11.0. The lowest BCUT2D eigenvalue weighted by atomic mass is 10.0. The van der Waals surface area contributed by atoms with E-state index in [0.717, 1.165) is 12.1 Å². The number of aryl methyl sites for hydroxylation is 1. The van der Waals surface area contributed by atoms with Gasteiger partial charge in [0.05, 0.1) is 5.52 Å². The summed E-state index contributed by atoms with van der Waals surface area (Å²) >= 11 is 0. The molecule has 0 bridgehead atoms. The summed E-state index contributed by atoms with van der Waals surface area (Å²) in [5.41, 5.74) is 3.85. The molecule has 94 valence electrons. The molecule has 0 unspecified atom stereocenters. The van der Waals surface area contributed by atoms with Crippen LogP contribution in [-0.2, 0) is 6.54 Å². The Kier molecular flexibility index (Phi) is 3.28. The highest BCUT2D eigenvalue weighted by Gasteiger charge is 2.12. The highest BCUT2D eigenvalue weighted by Crippen LogP contribution is 2.22. The summed E-state index contributed by atoms with van der Waals surface area (Å²) in [6.07, 6.45) is 5.98. The Bertz CT molecular complexity index is 542. The van der Waals surface area contributed by atoms with Crippen molar-refractivity contribution < 1.29 is 0 Å². The van der Waals surface area contributed by atoms with Crippen molar-refractivity contribution in [1.82, 2.24) is 9.88 Å². The van der Waals surface area contributed by atoms with E-state index in [-0.39, 0.29) is 0 Å². The normalized spacial score (nSPS) is 17.2. The lowest BCUT2D eigenvalue weighted by Gasteiger charge is -2.27. The molecule has 1 aromatic heterocycles. The highest BCUT2D eigenvalue weighted by molar-refractivity contribution is 5.84. The SMILES string of the molecule is Cc1ccc(CN2CCCCC2)c2cccnc12. The second kappa shape index (κ2) is 5.07. The molecule has 2 heterocycles. The first-order chi connectivity index (χ1) is 8.84. The fourth-order valence-electron chi connectivity index (χ4n) is 2.87. The van der Waals surface area contributed by atoms with Gasteiger partial charge in [0.25, 0.3) is 0 Å². The predicted molar refractivity (Wildman–Crippen MR) is 75.6 cm³/mol. The van der Waals surface area contributed by atoms with Crippen LogP contribution >= 0.6 is 0 Å². The van der Waals surface area contributed by atoms with Gasteiger partial charge in [-0.15, -0.1) is 0 Å². The van der Waals surface area contributed by atoms with E-state index in [2.05, 4.69) is 35.0 Å². The molecule has 1 aromatic carbocycles. The highest BCUT2D eigenvalue weighted by atomic mass is 15.1. The van der Waals surface area contributed by atoms with Crippen LogP contribution in [0.25, 0.3) is 10.9 Å². The molecular weight excluding hydrogens is 220 g/mol. The number of fused-ring (bicyclic) bond motifs is 1.